The second-order valence-electron chi connectivity index (χ2n) is 3.62. The molecule has 2 unspecified atom stereocenters. The summed E-state index contributed by atoms with van der Waals surface area (Å²) in [4.78, 5) is 13.2. The van der Waals surface area contributed by atoms with Crippen molar-refractivity contribution < 1.29 is 9.53 Å². The van der Waals surface area contributed by atoms with Gasteiger partial charge in [-0.1, -0.05) is 0 Å². The molecule has 0 radical (unpaired) electrons. The van der Waals surface area contributed by atoms with Crippen molar-refractivity contribution in [2.24, 2.45) is 0 Å². The molecule has 0 bridgehead atoms. The number of ether oxygens (including phenoxy) is 1. The lowest BCUT2D eigenvalue weighted by molar-refractivity contribution is -0.128. The summed E-state index contributed by atoms with van der Waals surface area (Å²) < 4.78 is 4.99. The lowest BCUT2D eigenvalue weighted by Crippen LogP contribution is -2.43. The summed E-state index contributed by atoms with van der Waals surface area (Å²) in [5.41, 5.74) is 0. The van der Waals surface area contributed by atoms with E-state index in [1.165, 1.54) is 0 Å². The van der Waals surface area contributed by atoms with Crippen molar-refractivity contribution in [3.05, 3.63) is 0 Å². The van der Waals surface area contributed by atoms with Gasteiger partial charge in [0.05, 0.1) is 12.6 Å². The van der Waals surface area contributed by atoms with Gasteiger partial charge in [-0.25, -0.2) is 0 Å². The Morgan fingerprint density at radius 1 is 1.77 bits per heavy atom. The van der Waals surface area contributed by atoms with Crippen LogP contribution in [0.2, 0.25) is 0 Å². The summed E-state index contributed by atoms with van der Waals surface area (Å²) >= 11 is 0. The van der Waals surface area contributed by atoms with Gasteiger partial charge in [-0.05, 0) is 13.3 Å². The average molecular weight is 186 g/mol. The molecular weight excluding hydrogens is 168 g/mol. The third kappa shape index (κ3) is 2.67. The molecule has 1 heterocycles. The van der Waals surface area contributed by atoms with Gasteiger partial charge < -0.3 is 15.0 Å². The van der Waals surface area contributed by atoms with Crippen molar-refractivity contribution in [3.63, 3.8) is 0 Å². The third-order valence-corrected chi connectivity index (χ3v) is 2.33. The molecule has 0 aromatic heterocycles. The molecular formula is C9H18N2O2. The number of nitrogens with one attached hydrogen (secondary N) is 1. The molecule has 1 rings (SSSR count). The third-order valence-electron chi connectivity index (χ3n) is 2.33. The first-order chi connectivity index (χ1) is 6.15. The van der Waals surface area contributed by atoms with Crippen molar-refractivity contribution >= 4 is 5.91 Å². The number of carbonyl (C=O) groups is 1. The monoisotopic (exact) mass is 186 g/mol. The molecule has 0 aromatic carbocycles. The van der Waals surface area contributed by atoms with Gasteiger partial charge in [-0.3, -0.25) is 4.79 Å². The maximum Gasteiger partial charge on any atom is 0.239 e. The molecule has 1 aliphatic rings. The standard InChI is InChI=1S/C9H18N2O2/c1-7(6-13-3)10-8-4-5-11(2)9(8)12/h7-8,10H,4-6H2,1-3H3. The van der Waals surface area contributed by atoms with Gasteiger partial charge in [0, 0.05) is 26.7 Å². The molecule has 13 heavy (non-hydrogen) atoms. The zero-order valence-electron chi connectivity index (χ0n) is 8.54. The van der Waals surface area contributed by atoms with Gasteiger partial charge in [-0.2, -0.15) is 0 Å². The zero-order chi connectivity index (χ0) is 9.84. The Bertz CT molecular complexity index is 184. The van der Waals surface area contributed by atoms with E-state index in [9.17, 15) is 4.79 Å². The summed E-state index contributed by atoms with van der Waals surface area (Å²) in [6.07, 6.45) is 0.906. The Labute approximate surface area is 79.2 Å². The van der Waals surface area contributed by atoms with Crippen LogP contribution in [0.1, 0.15) is 13.3 Å². The van der Waals surface area contributed by atoms with Crippen LogP contribution in [-0.2, 0) is 9.53 Å². The highest BCUT2D eigenvalue weighted by Crippen LogP contribution is 2.08. The SMILES string of the molecule is COCC(C)NC1CCN(C)C1=O. The van der Waals surface area contributed by atoms with Crippen molar-refractivity contribution in [1.29, 1.82) is 0 Å². The van der Waals surface area contributed by atoms with E-state index >= 15 is 0 Å². The molecule has 0 saturated carbocycles. The second-order valence-corrected chi connectivity index (χ2v) is 3.62. The minimum Gasteiger partial charge on any atom is -0.383 e. The smallest absolute Gasteiger partial charge is 0.239 e. The number of rotatable bonds is 4. The van der Waals surface area contributed by atoms with Crippen LogP contribution in [-0.4, -0.2) is 50.2 Å². The number of carbonyl (C=O) groups excluding carboxylic acids is 1. The molecule has 1 aliphatic heterocycles. The van der Waals surface area contributed by atoms with Crippen LogP contribution in [0.3, 0.4) is 0 Å². The van der Waals surface area contributed by atoms with E-state index < -0.39 is 0 Å². The Morgan fingerprint density at radius 2 is 2.46 bits per heavy atom. The minimum atomic E-state index is -0.00449. The number of hydrogen-bond acceptors (Lipinski definition) is 3. The zero-order valence-corrected chi connectivity index (χ0v) is 8.54. The lowest BCUT2D eigenvalue weighted by atomic mass is 10.2. The molecule has 0 aromatic rings. The van der Waals surface area contributed by atoms with E-state index in [2.05, 4.69) is 5.32 Å². The first-order valence-corrected chi connectivity index (χ1v) is 4.65. The fourth-order valence-electron chi connectivity index (χ4n) is 1.62. The summed E-state index contributed by atoms with van der Waals surface area (Å²) in [5, 5.41) is 3.24. The Hall–Kier alpha value is -0.610. The van der Waals surface area contributed by atoms with Gasteiger partial charge in [-0.15, -0.1) is 0 Å². The maximum absolute atomic E-state index is 11.5. The molecule has 2 atom stereocenters. The van der Waals surface area contributed by atoms with Crippen LogP contribution >= 0.6 is 0 Å². The summed E-state index contributed by atoms with van der Waals surface area (Å²) in [6.45, 7) is 3.53. The summed E-state index contributed by atoms with van der Waals surface area (Å²) in [6, 6.07) is 0.237. The van der Waals surface area contributed by atoms with E-state index in [-0.39, 0.29) is 18.0 Å². The van der Waals surface area contributed by atoms with Gasteiger partial charge in [0.1, 0.15) is 0 Å². The van der Waals surface area contributed by atoms with Gasteiger partial charge >= 0.3 is 0 Å². The fourth-order valence-corrected chi connectivity index (χ4v) is 1.62. The van der Waals surface area contributed by atoms with E-state index in [0.717, 1.165) is 13.0 Å². The maximum atomic E-state index is 11.5. The van der Waals surface area contributed by atoms with Crippen LogP contribution in [0, 0.1) is 0 Å². The van der Waals surface area contributed by atoms with Crippen molar-refractivity contribution in [2.45, 2.75) is 25.4 Å². The number of nitrogens with zero attached hydrogens (tertiary/aromatic N) is 1. The average Bonchev–Trinajstić information content (AvgIpc) is 2.37. The lowest BCUT2D eigenvalue weighted by Gasteiger charge is -2.17. The van der Waals surface area contributed by atoms with E-state index in [0.29, 0.717) is 6.61 Å². The molecule has 1 fully saturated rings. The number of amides is 1. The van der Waals surface area contributed by atoms with E-state index in [1.807, 2.05) is 14.0 Å². The van der Waals surface area contributed by atoms with Crippen molar-refractivity contribution in [3.8, 4) is 0 Å². The van der Waals surface area contributed by atoms with Crippen molar-refractivity contribution in [1.82, 2.24) is 10.2 Å². The minimum absolute atomic E-state index is 0.00449. The Kier molecular flexibility index (Phi) is 3.69. The molecule has 4 heteroatoms. The first kappa shape index (κ1) is 10.5. The molecule has 4 nitrogen and oxygen atoms in total. The van der Waals surface area contributed by atoms with Gasteiger partial charge in [0.2, 0.25) is 5.91 Å². The Balaban J connectivity index is 2.33. The van der Waals surface area contributed by atoms with Crippen LogP contribution in [0.15, 0.2) is 0 Å². The number of methoxy groups -OCH3 is 1. The van der Waals surface area contributed by atoms with Gasteiger partial charge in [0.25, 0.3) is 0 Å². The van der Waals surface area contributed by atoms with Crippen LogP contribution in [0.25, 0.3) is 0 Å². The first-order valence-electron chi connectivity index (χ1n) is 4.65. The summed E-state index contributed by atoms with van der Waals surface area (Å²) in [7, 11) is 3.51. The highest BCUT2D eigenvalue weighted by molar-refractivity contribution is 5.83. The normalized spacial score (nSPS) is 25.3. The molecule has 76 valence electrons. The number of likely N-dealkylation sites (tertiary alicyclic amines) is 1. The van der Waals surface area contributed by atoms with Gasteiger partial charge in [0.15, 0.2) is 0 Å². The molecule has 1 amide bonds. The Morgan fingerprint density at radius 3 is 2.92 bits per heavy atom. The molecule has 1 saturated heterocycles. The summed E-state index contributed by atoms with van der Waals surface area (Å²) in [5.74, 6) is 0.197. The molecule has 0 aliphatic carbocycles. The molecule has 1 N–H and O–H groups in total. The van der Waals surface area contributed by atoms with Crippen LogP contribution < -0.4 is 5.32 Å². The predicted octanol–water partition coefficient (Wildman–Crippen LogP) is -0.158. The van der Waals surface area contributed by atoms with E-state index in [1.54, 1.807) is 12.0 Å². The quantitative estimate of drug-likeness (QED) is 0.663. The fraction of sp³-hybridized carbons (Fsp3) is 0.889. The topological polar surface area (TPSA) is 41.6 Å². The van der Waals surface area contributed by atoms with Crippen LogP contribution in [0.4, 0.5) is 0 Å². The molecule has 0 spiro atoms. The van der Waals surface area contributed by atoms with Crippen molar-refractivity contribution in [2.75, 3.05) is 27.3 Å². The largest absolute Gasteiger partial charge is 0.383 e. The number of likely N-dealkylation sites (N-methyl/N-ethyl adjacent to an activating group) is 1. The van der Waals surface area contributed by atoms with E-state index in [4.69, 9.17) is 4.74 Å². The highest BCUT2D eigenvalue weighted by atomic mass is 16.5. The number of hydrogen-bond donors (Lipinski definition) is 1. The second kappa shape index (κ2) is 4.58. The highest BCUT2D eigenvalue weighted by Gasteiger charge is 2.29. The predicted molar refractivity (Wildman–Crippen MR) is 50.5 cm³/mol. The van der Waals surface area contributed by atoms with Crippen LogP contribution in [0.5, 0.6) is 0 Å².